The van der Waals surface area contributed by atoms with Crippen molar-refractivity contribution in [2.75, 3.05) is 0 Å². The van der Waals surface area contributed by atoms with Crippen LogP contribution in [0.4, 0.5) is 0 Å². The van der Waals surface area contributed by atoms with Gasteiger partial charge in [0.15, 0.2) is 0 Å². The van der Waals surface area contributed by atoms with Crippen molar-refractivity contribution >= 4 is 0 Å². The minimum Gasteiger partial charge on any atom is -0.0654 e. The first-order valence-corrected chi connectivity index (χ1v) is 7.60. The predicted molar refractivity (Wildman–Crippen MR) is 73.6 cm³/mol. The topological polar surface area (TPSA) is 0 Å². The lowest BCUT2D eigenvalue weighted by Crippen LogP contribution is -2.17. The van der Waals surface area contributed by atoms with E-state index >= 15 is 0 Å². The molecule has 1 saturated carbocycles. The third-order valence-corrected chi connectivity index (χ3v) is 4.98. The van der Waals surface area contributed by atoms with Gasteiger partial charge in [0.1, 0.15) is 0 Å². The Morgan fingerprint density at radius 1 is 1.00 bits per heavy atom. The second-order valence-corrected chi connectivity index (χ2v) is 6.36. The molecule has 0 nitrogen and oxygen atoms in total. The molecule has 1 aliphatic carbocycles. The van der Waals surface area contributed by atoms with Crippen molar-refractivity contribution in [2.45, 2.75) is 79.6 Å². The summed E-state index contributed by atoms with van der Waals surface area (Å²) in [6.45, 7) is 12.1. The molecule has 96 valence electrons. The smallest absolute Gasteiger partial charge is 0.0264 e. The standard InChI is InChI=1S/C16H32/c1-6-9-13(4)15-12-16(15,5)14(10-7-2)11-8-3/h13-15H,6-12H2,1-5H3. The molecule has 0 aromatic carbocycles. The number of rotatable bonds is 8. The highest BCUT2D eigenvalue weighted by Crippen LogP contribution is 2.63. The van der Waals surface area contributed by atoms with Crippen molar-refractivity contribution in [3.63, 3.8) is 0 Å². The molecule has 1 aliphatic rings. The van der Waals surface area contributed by atoms with Crippen LogP contribution < -0.4 is 0 Å². The maximum Gasteiger partial charge on any atom is -0.0264 e. The summed E-state index contributed by atoms with van der Waals surface area (Å²) in [5.41, 5.74) is 0.709. The van der Waals surface area contributed by atoms with E-state index in [2.05, 4.69) is 34.6 Å². The van der Waals surface area contributed by atoms with Gasteiger partial charge in [0.2, 0.25) is 0 Å². The summed E-state index contributed by atoms with van der Waals surface area (Å²) >= 11 is 0. The predicted octanol–water partition coefficient (Wildman–Crippen LogP) is 5.67. The molecular formula is C16H32. The molecular weight excluding hydrogens is 192 g/mol. The molecule has 3 unspecified atom stereocenters. The Kier molecular flexibility index (Phi) is 5.34. The van der Waals surface area contributed by atoms with Crippen LogP contribution in [0.15, 0.2) is 0 Å². The first-order valence-electron chi connectivity index (χ1n) is 7.60. The van der Waals surface area contributed by atoms with Crippen LogP contribution in [0.25, 0.3) is 0 Å². The van der Waals surface area contributed by atoms with E-state index in [0.29, 0.717) is 5.41 Å². The van der Waals surface area contributed by atoms with E-state index < -0.39 is 0 Å². The lowest BCUT2D eigenvalue weighted by atomic mass is 9.79. The van der Waals surface area contributed by atoms with Gasteiger partial charge in [0.05, 0.1) is 0 Å². The van der Waals surface area contributed by atoms with E-state index in [1.54, 1.807) is 0 Å². The van der Waals surface area contributed by atoms with Crippen LogP contribution in [-0.2, 0) is 0 Å². The molecule has 16 heavy (non-hydrogen) atoms. The second kappa shape index (κ2) is 6.07. The second-order valence-electron chi connectivity index (χ2n) is 6.36. The van der Waals surface area contributed by atoms with Gasteiger partial charge in [-0.1, -0.05) is 73.1 Å². The number of hydrogen-bond donors (Lipinski definition) is 0. The van der Waals surface area contributed by atoms with Crippen LogP contribution in [0.2, 0.25) is 0 Å². The normalized spacial score (nSPS) is 30.8. The van der Waals surface area contributed by atoms with Gasteiger partial charge in [-0.3, -0.25) is 0 Å². The van der Waals surface area contributed by atoms with Crippen LogP contribution in [0.5, 0.6) is 0 Å². The third-order valence-electron chi connectivity index (χ3n) is 4.98. The Labute approximate surface area is 103 Å². The molecule has 0 bridgehead atoms. The molecule has 0 aromatic rings. The van der Waals surface area contributed by atoms with E-state index in [1.807, 2.05) is 0 Å². The molecule has 0 N–H and O–H groups in total. The van der Waals surface area contributed by atoms with Crippen LogP contribution in [0.1, 0.15) is 79.6 Å². The van der Waals surface area contributed by atoms with Crippen LogP contribution >= 0.6 is 0 Å². The molecule has 0 amide bonds. The van der Waals surface area contributed by atoms with Crippen LogP contribution in [-0.4, -0.2) is 0 Å². The molecule has 0 spiro atoms. The van der Waals surface area contributed by atoms with E-state index in [1.165, 1.54) is 44.9 Å². The van der Waals surface area contributed by atoms with E-state index in [4.69, 9.17) is 0 Å². The molecule has 1 fully saturated rings. The average molecular weight is 224 g/mol. The van der Waals surface area contributed by atoms with Gasteiger partial charge in [0.25, 0.3) is 0 Å². The lowest BCUT2D eigenvalue weighted by Gasteiger charge is -2.26. The van der Waals surface area contributed by atoms with Gasteiger partial charge in [-0.15, -0.1) is 0 Å². The SMILES string of the molecule is CCCC(C)C1CC1(C)C(CCC)CCC. The van der Waals surface area contributed by atoms with Gasteiger partial charge in [0, 0.05) is 0 Å². The molecule has 3 atom stereocenters. The zero-order chi connectivity index (χ0) is 12.2. The van der Waals surface area contributed by atoms with Gasteiger partial charge >= 0.3 is 0 Å². The Morgan fingerprint density at radius 3 is 1.94 bits per heavy atom. The highest BCUT2D eigenvalue weighted by atomic mass is 14.6. The van der Waals surface area contributed by atoms with Gasteiger partial charge < -0.3 is 0 Å². The summed E-state index contributed by atoms with van der Waals surface area (Å²) in [5.74, 6) is 3.01. The fourth-order valence-corrected chi connectivity index (χ4v) is 3.89. The summed E-state index contributed by atoms with van der Waals surface area (Å²) < 4.78 is 0. The molecule has 0 heterocycles. The Hall–Kier alpha value is 0. The monoisotopic (exact) mass is 224 g/mol. The Morgan fingerprint density at radius 2 is 1.50 bits per heavy atom. The first-order chi connectivity index (χ1) is 7.60. The van der Waals surface area contributed by atoms with Crippen molar-refractivity contribution in [3.05, 3.63) is 0 Å². The average Bonchev–Trinajstić information content (AvgIpc) is 2.92. The van der Waals surface area contributed by atoms with Crippen molar-refractivity contribution < 1.29 is 0 Å². The van der Waals surface area contributed by atoms with Crippen LogP contribution in [0, 0.1) is 23.2 Å². The summed E-state index contributed by atoms with van der Waals surface area (Å²) in [7, 11) is 0. The summed E-state index contributed by atoms with van der Waals surface area (Å²) in [6.07, 6.45) is 9.97. The first kappa shape index (κ1) is 14.1. The fourth-order valence-electron chi connectivity index (χ4n) is 3.89. The third kappa shape index (κ3) is 3.02. The van der Waals surface area contributed by atoms with Gasteiger partial charge in [-0.05, 0) is 29.6 Å². The molecule has 1 rings (SSSR count). The highest BCUT2D eigenvalue weighted by Gasteiger charge is 2.55. The zero-order valence-corrected chi connectivity index (χ0v) is 12.2. The zero-order valence-electron chi connectivity index (χ0n) is 12.2. The molecule has 0 radical (unpaired) electrons. The van der Waals surface area contributed by atoms with Crippen LogP contribution in [0.3, 0.4) is 0 Å². The van der Waals surface area contributed by atoms with Gasteiger partial charge in [-0.2, -0.15) is 0 Å². The van der Waals surface area contributed by atoms with Gasteiger partial charge in [-0.25, -0.2) is 0 Å². The minimum absolute atomic E-state index is 0.709. The molecule has 0 aliphatic heterocycles. The summed E-state index contributed by atoms with van der Waals surface area (Å²) in [4.78, 5) is 0. The lowest BCUT2D eigenvalue weighted by molar-refractivity contribution is 0.238. The highest BCUT2D eigenvalue weighted by molar-refractivity contribution is 5.04. The van der Waals surface area contributed by atoms with Crippen molar-refractivity contribution in [2.24, 2.45) is 23.2 Å². The molecule has 0 heteroatoms. The van der Waals surface area contributed by atoms with Crippen molar-refractivity contribution in [1.29, 1.82) is 0 Å². The maximum absolute atomic E-state index is 2.57. The Balaban J connectivity index is 2.51. The van der Waals surface area contributed by atoms with E-state index in [9.17, 15) is 0 Å². The van der Waals surface area contributed by atoms with Crippen molar-refractivity contribution in [3.8, 4) is 0 Å². The largest absolute Gasteiger partial charge is 0.0654 e. The minimum atomic E-state index is 0.709. The Bertz CT molecular complexity index is 190. The fraction of sp³-hybridized carbons (Fsp3) is 1.00. The van der Waals surface area contributed by atoms with E-state index in [0.717, 1.165) is 17.8 Å². The summed E-state index contributed by atoms with van der Waals surface area (Å²) in [6, 6.07) is 0. The molecule has 0 saturated heterocycles. The summed E-state index contributed by atoms with van der Waals surface area (Å²) in [5, 5.41) is 0. The maximum atomic E-state index is 2.57. The molecule has 0 aromatic heterocycles. The van der Waals surface area contributed by atoms with Crippen molar-refractivity contribution in [1.82, 2.24) is 0 Å². The quantitative estimate of drug-likeness (QED) is 0.498. The number of hydrogen-bond acceptors (Lipinski definition) is 0. The van der Waals surface area contributed by atoms with E-state index in [-0.39, 0.29) is 0 Å².